The van der Waals surface area contributed by atoms with Crippen molar-refractivity contribution in [2.24, 2.45) is 11.8 Å². The molecule has 0 unspecified atom stereocenters. The second-order valence-corrected chi connectivity index (χ2v) is 9.36. The van der Waals surface area contributed by atoms with E-state index in [4.69, 9.17) is 42.6 Å². The van der Waals surface area contributed by atoms with E-state index in [1.807, 2.05) is 0 Å². The second kappa shape index (κ2) is 13.1. The maximum Gasteiger partial charge on any atom is 0.337 e. The summed E-state index contributed by atoms with van der Waals surface area (Å²) < 4.78 is 49.2. The zero-order valence-electron chi connectivity index (χ0n) is 22.8. The Morgan fingerprint density at radius 2 is 1.48 bits per heavy atom. The summed E-state index contributed by atoms with van der Waals surface area (Å²) in [7, 11) is 1.18. The van der Waals surface area contributed by atoms with Gasteiger partial charge in [0.2, 0.25) is 12.6 Å². The topological polar surface area (TPSA) is 185 Å². The van der Waals surface area contributed by atoms with Crippen molar-refractivity contribution in [2.45, 2.75) is 84.1 Å². The highest BCUT2D eigenvalue weighted by Crippen LogP contribution is 2.42. The smallest absolute Gasteiger partial charge is 0.337 e. The van der Waals surface area contributed by atoms with Crippen molar-refractivity contribution in [3.05, 3.63) is 11.8 Å². The number of fused-ring (bicyclic) bond motifs is 1. The molecule has 0 aromatic carbocycles. The molecule has 0 aromatic heterocycles. The quantitative estimate of drug-likeness (QED) is 0.281. The fraction of sp³-hybridized carbons (Fsp3) is 0.680. The average molecular weight is 573 g/mol. The lowest BCUT2D eigenvalue weighted by Crippen LogP contribution is -2.64. The Morgan fingerprint density at radius 1 is 0.875 bits per heavy atom. The molecule has 15 nitrogen and oxygen atoms in total. The van der Waals surface area contributed by atoms with Crippen LogP contribution in [-0.2, 0) is 71.4 Å². The zero-order valence-corrected chi connectivity index (χ0v) is 22.8. The van der Waals surface area contributed by atoms with Crippen LogP contribution in [0.4, 0.5) is 0 Å². The van der Waals surface area contributed by atoms with Gasteiger partial charge >= 0.3 is 35.8 Å². The highest BCUT2D eigenvalue weighted by molar-refractivity contribution is 5.90. The molecule has 3 rings (SSSR count). The van der Waals surface area contributed by atoms with Crippen LogP contribution in [0.25, 0.3) is 0 Å². The van der Waals surface area contributed by atoms with Crippen molar-refractivity contribution in [2.75, 3.05) is 13.7 Å². The van der Waals surface area contributed by atoms with Gasteiger partial charge in [0.25, 0.3) is 0 Å². The molecule has 0 radical (unpaired) electrons. The normalized spacial score (nSPS) is 33.1. The van der Waals surface area contributed by atoms with Crippen LogP contribution >= 0.6 is 0 Å². The van der Waals surface area contributed by atoms with Gasteiger partial charge in [0.15, 0.2) is 18.3 Å². The molecule has 3 heterocycles. The molecular weight excluding hydrogens is 540 g/mol. The summed E-state index contributed by atoms with van der Waals surface area (Å²) in [5.74, 6) is -5.79. The second-order valence-electron chi connectivity index (χ2n) is 9.36. The van der Waals surface area contributed by atoms with E-state index in [0.29, 0.717) is 0 Å². The lowest BCUT2D eigenvalue weighted by Gasteiger charge is -2.47. The highest BCUT2D eigenvalue weighted by Gasteiger charge is 2.56. The Kier molecular flexibility index (Phi) is 10.1. The Labute approximate surface area is 229 Å². The van der Waals surface area contributed by atoms with Gasteiger partial charge in [0.05, 0.1) is 31.3 Å². The minimum Gasteiger partial charge on any atom is -0.471 e. The van der Waals surface area contributed by atoms with Gasteiger partial charge in [-0.15, -0.1) is 0 Å². The summed E-state index contributed by atoms with van der Waals surface area (Å²) in [6.45, 7) is 5.57. The Hall–Kier alpha value is -3.72. The van der Waals surface area contributed by atoms with Crippen LogP contribution in [0.2, 0.25) is 0 Å². The highest BCUT2D eigenvalue weighted by atomic mass is 16.8. The summed E-state index contributed by atoms with van der Waals surface area (Å²) >= 11 is 0. The summed E-state index contributed by atoms with van der Waals surface area (Å²) in [4.78, 5) is 72.1. The zero-order chi connectivity index (χ0) is 29.7. The van der Waals surface area contributed by atoms with Crippen LogP contribution in [0.3, 0.4) is 0 Å². The van der Waals surface area contributed by atoms with Gasteiger partial charge in [0.1, 0.15) is 18.8 Å². The first-order valence-corrected chi connectivity index (χ1v) is 12.4. The molecule has 3 aliphatic heterocycles. The molecule has 0 N–H and O–H groups in total. The fourth-order valence-corrected chi connectivity index (χ4v) is 4.89. The van der Waals surface area contributed by atoms with Crippen LogP contribution in [0.5, 0.6) is 0 Å². The van der Waals surface area contributed by atoms with E-state index in [9.17, 15) is 28.8 Å². The summed E-state index contributed by atoms with van der Waals surface area (Å²) in [5.41, 5.74) is 0.0948. The Balaban J connectivity index is 2.01. The lowest BCUT2D eigenvalue weighted by atomic mass is 9.77. The molecule has 2 saturated heterocycles. The third-order valence-corrected chi connectivity index (χ3v) is 6.39. The molecule has 0 spiro atoms. The number of cyclic esters (lactones) is 1. The third kappa shape index (κ3) is 7.27. The maximum atomic E-state index is 12.4. The molecule has 0 aliphatic carbocycles. The molecule has 40 heavy (non-hydrogen) atoms. The summed E-state index contributed by atoms with van der Waals surface area (Å²) in [6.07, 6.45) is -8.19. The first-order valence-electron chi connectivity index (χ1n) is 12.4. The SMILES string of the molecule is COC(=O)C1=CO[C@@H](O[C@@H]2O[C@H](COC(C)=O)[C@@H](OC(C)=O)[C@H](OC(C)=O)[C@H]2OC(C)=O)[C@@H]2[C@H](C)OC(=O)C[C@H]12. The van der Waals surface area contributed by atoms with E-state index in [0.717, 1.165) is 34.0 Å². The van der Waals surface area contributed by atoms with Crippen LogP contribution in [0.1, 0.15) is 41.0 Å². The van der Waals surface area contributed by atoms with Crippen LogP contribution < -0.4 is 0 Å². The predicted octanol–water partition coefficient (Wildman–Crippen LogP) is 0.0671. The van der Waals surface area contributed by atoms with E-state index in [1.54, 1.807) is 6.92 Å². The minimum atomic E-state index is -1.54. The number of esters is 6. The van der Waals surface area contributed by atoms with Crippen LogP contribution in [0.15, 0.2) is 11.8 Å². The van der Waals surface area contributed by atoms with Gasteiger partial charge in [-0.3, -0.25) is 24.0 Å². The first kappa shape index (κ1) is 30.8. The maximum absolute atomic E-state index is 12.4. The van der Waals surface area contributed by atoms with Crippen molar-refractivity contribution >= 4 is 35.8 Å². The van der Waals surface area contributed by atoms with Gasteiger partial charge in [-0.2, -0.15) is 0 Å². The van der Waals surface area contributed by atoms with Crippen LogP contribution in [-0.4, -0.2) is 92.6 Å². The molecule has 222 valence electrons. The third-order valence-electron chi connectivity index (χ3n) is 6.39. The largest absolute Gasteiger partial charge is 0.471 e. The van der Waals surface area contributed by atoms with Crippen molar-refractivity contribution < 1.29 is 71.4 Å². The van der Waals surface area contributed by atoms with Gasteiger partial charge in [-0.05, 0) is 6.92 Å². The minimum absolute atomic E-state index is 0.0948. The standard InChI is InChI=1S/C25H32O15/c1-10-19-15(7-18(30)35-10)16(23(31)32-6)8-34-24(19)40-25-22(38-14(5)29)21(37-13(4)28)20(36-12(3)27)17(39-25)9-33-11(2)26/h8,10,15,17,19-22,24-25H,7,9H2,1-6H3/t10-,15+,17+,19+,20+,21-,22+,24-,25-/m0/s1. The molecule has 0 saturated carbocycles. The van der Waals surface area contributed by atoms with Crippen molar-refractivity contribution in [1.29, 1.82) is 0 Å². The molecule has 0 aromatic rings. The summed E-state index contributed by atoms with van der Waals surface area (Å²) in [6, 6.07) is 0. The number of hydrogen-bond donors (Lipinski definition) is 0. The number of methoxy groups -OCH3 is 1. The van der Waals surface area contributed by atoms with Gasteiger partial charge in [0, 0.05) is 33.6 Å². The van der Waals surface area contributed by atoms with E-state index in [-0.39, 0.29) is 12.0 Å². The summed E-state index contributed by atoms with van der Waals surface area (Å²) in [5, 5.41) is 0. The molecule has 0 bridgehead atoms. The number of carbonyl (C=O) groups excluding carboxylic acids is 6. The number of hydrogen-bond acceptors (Lipinski definition) is 15. The van der Waals surface area contributed by atoms with E-state index in [1.165, 1.54) is 7.11 Å². The molecule has 9 atom stereocenters. The lowest BCUT2D eigenvalue weighted by molar-refractivity contribution is -0.348. The molecule has 0 amide bonds. The molecule has 2 fully saturated rings. The van der Waals surface area contributed by atoms with Gasteiger partial charge in [-0.1, -0.05) is 0 Å². The number of ether oxygens (including phenoxy) is 9. The van der Waals surface area contributed by atoms with Crippen molar-refractivity contribution in [3.8, 4) is 0 Å². The Bertz CT molecular complexity index is 1050. The molecule has 3 aliphatic rings. The number of rotatable bonds is 8. The molecule has 15 heteroatoms. The van der Waals surface area contributed by atoms with Gasteiger partial charge in [-0.25, -0.2) is 4.79 Å². The monoisotopic (exact) mass is 572 g/mol. The van der Waals surface area contributed by atoms with Crippen molar-refractivity contribution in [3.63, 3.8) is 0 Å². The fourth-order valence-electron chi connectivity index (χ4n) is 4.89. The van der Waals surface area contributed by atoms with E-state index >= 15 is 0 Å². The molecular formula is C25H32O15. The number of carbonyl (C=O) groups is 6. The predicted molar refractivity (Wildman–Crippen MR) is 125 cm³/mol. The average Bonchev–Trinajstić information content (AvgIpc) is 2.84. The Morgan fingerprint density at radius 3 is 2.05 bits per heavy atom. The first-order chi connectivity index (χ1) is 18.8. The van der Waals surface area contributed by atoms with E-state index in [2.05, 4.69) is 0 Å². The van der Waals surface area contributed by atoms with Gasteiger partial charge < -0.3 is 42.6 Å². The van der Waals surface area contributed by atoms with Crippen molar-refractivity contribution in [1.82, 2.24) is 0 Å². The van der Waals surface area contributed by atoms with Crippen LogP contribution in [0, 0.1) is 11.8 Å². The van der Waals surface area contributed by atoms with E-state index < -0.39 is 97.4 Å².